The number of alkyl halides is 3. The van der Waals surface area contributed by atoms with Gasteiger partial charge in [0.1, 0.15) is 0 Å². The van der Waals surface area contributed by atoms with Crippen molar-refractivity contribution in [2.45, 2.75) is 39.8 Å². The SMILES string of the molecule is O=C(NC1CCN(CC2CC2)C1)C1CCN(c2ccc(C(F)(I)I)c3ncccc23)CC1. The molecular weight excluding hydrogens is 633 g/mol. The van der Waals surface area contributed by atoms with E-state index in [0.717, 1.165) is 62.4 Å². The van der Waals surface area contributed by atoms with Crippen LogP contribution in [0.4, 0.5) is 10.1 Å². The molecule has 3 aliphatic rings. The molecule has 1 N–H and O–H groups in total. The molecule has 1 aromatic heterocycles. The predicted molar refractivity (Wildman–Crippen MR) is 143 cm³/mol. The third-order valence-corrected chi connectivity index (χ3v) is 8.25. The van der Waals surface area contributed by atoms with E-state index < -0.39 is 1.68 Å². The van der Waals surface area contributed by atoms with Gasteiger partial charge in [0.05, 0.1) is 5.52 Å². The number of fused-ring (bicyclic) bond motifs is 1. The highest BCUT2D eigenvalue weighted by atomic mass is 127. The van der Waals surface area contributed by atoms with Crippen molar-refractivity contribution in [3.63, 3.8) is 0 Å². The number of carbonyl (C=O) groups is 1. The minimum Gasteiger partial charge on any atom is -0.371 e. The molecule has 1 unspecified atom stereocenters. The van der Waals surface area contributed by atoms with Crippen LogP contribution in [0.25, 0.3) is 10.9 Å². The predicted octanol–water partition coefficient (Wildman–Crippen LogP) is 5.00. The quantitative estimate of drug-likeness (QED) is 0.350. The normalized spacial score (nSPS) is 23.1. The maximum atomic E-state index is 14.7. The van der Waals surface area contributed by atoms with Crippen LogP contribution in [-0.4, -0.2) is 54.6 Å². The Morgan fingerprint density at radius 3 is 2.62 bits per heavy atom. The van der Waals surface area contributed by atoms with Gasteiger partial charge >= 0.3 is 0 Å². The van der Waals surface area contributed by atoms with E-state index in [1.54, 1.807) is 6.20 Å². The van der Waals surface area contributed by atoms with Gasteiger partial charge in [0.15, 0.2) is 0 Å². The van der Waals surface area contributed by atoms with E-state index in [0.29, 0.717) is 17.1 Å². The summed E-state index contributed by atoms with van der Waals surface area (Å²) < 4.78 is 13.2. The summed E-state index contributed by atoms with van der Waals surface area (Å²) in [7, 11) is 0. The maximum absolute atomic E-state index is 14.7. The smallest absolute Gasteiger partial charge is 0.237 e. The third kappa shape index (κ3) is 5.16. The van der Waals surface area contributed by atoms with E-state index in [4.69, 9.17) is 0 Å². The Morgan fingerprint density at radius 2 is 1.91 bits per heavy atom. The zero-order valence-corrected chi connectivity index (χ0v) is 22.4. The van der Waals surface area contributed by atoms with Gasteiger partial charge in [0.25, 0.3) is 0 Å². The molecule has 2 aliphatic heterocycles. The Kier molecular flexibility index (Phi) is 6.82. The fraction of sp³-hybridized carbons (Fsp3) is 0.583. The molecule has 0 spiro atoms. The van der Waals surface area contributed by atoms with Crippen molar-refractivity contribution in [1.82, 2.24) is 15.2 Å². The minimum atomic E-state index is -1.50. The Hall–Kier alpha value is -0.750. The molecule has 1 atom stereocenters. The second kappa shape index (κ2) is 9.48. The molecule has 0 bridgehead atoms. The van der Waals surface area contributed by atoms with Crippen molar-refractivity contribution in [3.8, 4) is 0 Å². The van der Waals surface area contributed by atoms with Crippen LogP contribution in [0.2, 0.25) is 0 Å². The van der Waals surface area contributed by atoms with E-state index in [-0.39, 0.29) is 11.8 Å². The number of piperidine rings is 1. The lowest BCUT2D eigenvalue weighted by molar-refractivity contribution is -0.126. The van der Waals surface area contributed by atoms with Crippen molar-refractivity contribution in [1.29, 1.82) is 0 Å². The van der Waals surface area contributed by atoms with Gasteiger partial charge in [0.2, 0.25) is 7.59 Å². The van der Waals surface area contributed by atoms with Crippen LogP contribution in [0.1, 0.15) is 37.7 Å². The standard InChI is InChI=1S/C24H29FI2N4O/c25-24(26,27)20-5-6-21(19-2-1-10-28-22(19)20)31-12-7-17(8-13-31)23(32)29-18-9-11-30(15-18)14-16-3-4-16/h1-2,5-6,10,16-18H,3-4,7-9,11-15H2,(H,29,32). The average molecular weight is 662 g/mol. The molecule has 1 saturated carbocycles. The molecule has 8 heteroatoms. The molecule has 3 heterocycles. The highest BCUT2D eigenvalue weighted by Crippen LogP contribution is 2.45. The number of pyridine rings is 1. The summed E-state index contributed by atoms with van der Waals surface area (Å²) in [5.74, 6) is 1.21. The Morgan fingerprint density at radius 1 is 1.12 bits per heavy atom. The topological polar surface area (TPSA) is 48.5 Å². The van der Waals surface area contributed by atoms with Crippen molar-refractivity contribution in [2.24, 2.45) is 11.8 Å². The first kappa shape index (κ1) is 23.0. The molecule has 32 heavy (non-hydrogen) atoms. The van der Waals surface area contributed by atoms with Crippen LogP contribution in [-0.2, 0) is 6.48 Å². The first-order valence-electron chi connectivity index (χ1n) is 11.6. The Labute approximate surface area is 216 Å². The van der Waals surface area contributed by atoms with Crippen LogP contribution >= 0.6 is 45.2 Å². The molecule has 1 amide bonds. The number of aromatic nitrogens is 1. The maximum Gasteiger partial charge on any atom is 0.237 e. The molecule has 172 valence electrons. The number of hydrogen-bond donors (Lipinski definition) is 1. The summed E-state index contributed by atoms with van der Waals surface area (Å²) >= 11 is 3.63. The van der Waals surface area contributed by atoms with Gasteiger partial charge in [-0.2, -0.15) is 0 Å². The number of nitrogens with one attached hydrogen (secondary N) is 1. The summed E-state index contributed by atoms with van der Waals surface area (Å²) in [4.78, 5) is 22.2. The summed E-state index contributed by atoms with van der Waals surface area (Å²) in [6, 6.07) is 8.11. The van der Waals surface area contributed by atoms with Gasteiger partial charge in [-0.05, 0) is 107 Å². The highest BCUT2D eigenvalue weighted by Gasteiger charge is 2.33. The van der Waals surface area contributed by atoms with E-state index >= 15 is 0 Å². The van der Waals surface area contributed by atoms with Gasteiger partial charge in [0, 0.05) is 67.5 Å². The van der Waals surface area contributed by atoms with Gasteiger partial charge in [-0.25, -0.2) is 4.39 Å². The number of halogens is 3. The number of benzene rings is 1. The third-order valence-electron chi connectivity index (χ3n) is 7.09. The summed E-state index contributed by atoms with van der Waals surface area (Å²) in [6.45, 7) is 5.00. The number of amides is 1. The number of nitrogens with zero attached hydrogens (tertiary/aromatic N) is 3. The number of carbonyl (C=O) groups excluding carboxylic acids is 1. The average Bonchev–Trinajstić information content (AvgIpc) is 3.49. The molecular formula is C24H29FI2N4O. The number of hydrogen-bond acceptors (Lipinski definition) is 4. The van der Waals surface area contributed by atoms with E-state index in [9.17, 15) is 9.18 Å². The van der Waals surface area contributed by atoms with E-state index in [1.165, 1.54) is 19.4 Å². The molecule has 5 nitrogen and oxygen atoms in total. The monoisotopic (exact) mass is 662 g/mol. The summed E-state index contributed by atoms with van der Waals surface area (Å²) in [5, 5.41) is 4.30. The fourth-order valence-corrected chi connectivity index (χ4v) is 6.02. The molecule has 1 aliphatic carbocycles. The number of rotatable bonds is 6. The second-order valence-corrected chi connectivity index (χ2v) is 14.5. The molecule has 2 aromatic rings. The first-order valence-corrected chi connectivity index (χ1v) is 13.8. The highest BCUT2D eigenvalue weighted by molar-refractivity contribution is 14.2. The van der Waals surface area contributed by atoms with Gasteiger partial charge < -0.3 is 15.1 Å². The largest absolute Gasteiger partial charge is 0.371 e. The van der Waals surface area contributed by atoms with Crippen LogP contribution in [0.5, 0.6) is 0 Å². The second-order valence-electron chi connectivity index (χ2n) is 9.49. The summed E-state index contributed by atoms with van der Waals surface area (Å²) in [5.41, 5.74) is 2.40. The Bertz CT molecular complexity index is 986. The first-order chi connectivity index (χ1) is 15.4. The fourth-order valence-electron chi connectivity index (χ4n) is 5.15. The minimum absolute atomic E-state index is 0.0783. The zero-order valence-electron chi connectivity index (χ0n) is 18.1. The van der Waals surface area contributed by atoms with E-state index in [1.807, 2.05) is 69.4 Å². The number of anilines is 1. The molecule has 1 aromatic carbocycles. The van der Waals surface area contributed by atoms with Crippen molar-refractivity contribution >= 4 is 67.7 Å². The Balaban J connectivity index is 1.20. The lowest BCUT2D eigenvalue weighted by Crippen LogP contribution is -2.44. The van der Waals surface area contributed by atoms with Gasteiger partial charge in [-0.15, -0.1) is 0 Å². The van der Waals surface area contributed by atoms with Crippen LogP contribution < -0.4 is 10.2 Å². The van der Waals surface area contributed by atoms with E-state index in [2.05, 4.69) is 20.1 Å². The van der Waals surface area contributed by atoms with Gasteiger partial charge in [-0.1, -0.05) is 0 Å². The molecule has 0 radical (unpaired) electrons. The molecule has 2 saturated heterocycles. The van der Waals surface area contributed by atoms with Crippen LogP contribution in [0.15, 0.2) is 30.5 Å². The van der Waals surface area contributed by atoms with Crippen molar-refractivity contribution < 1.29 is 9.18 Å². The number of likely N-dealkylation sites (tertiary alicyclic amines) is 1. The van der Waals surface area contributed by atoms with Crippen molar-refractivity contribution in [2.75, 3.05) is 37.6 Å². The zero-order chi connectivity index (χ0) is 22.3. The molecule has 3 fully saturated rings. The van der Waals surface area contributed by atoms with Crippen LogP contribution in [0.3, 0.4) is 0 Å². The summed E-state index contributed by atoms with van der Waals surface area (Å²) in [6.07, 6.45) is 7.25. The lowest BCUT2D eigenvalue weighted by Gasteiger charge is -2.34. The van der Waals surface area contributed by atoms with Crippen molar-refractivity contribution in [3.05, 3.63) is 36.0 Å². The lowest BCUT2D eigenvalue weighted by atomic mass is 9.94. The van der Waals surface area contributed by atoms with Crippen LogP contribution in [0, 0.1) is 11.8 Å². The molecule has 5 rings (SSSR count). The van der Waals surface area contributed by atoms with Gasteiger partial charge in [-0.3, -0.25) is 9.78 Å².